The second-order valence-corrected chi connectivity index (χ2v) is 8.09. The van der Waals surface area contributed by atoms with Gasteiger partial charge in [-0.15, -0.1) is 0 Å². The van der Waals surface area contributed by atoms with E-state index in [0.717, 1.165) is 33.3 Å². The first-order valence-corrected chi connectivity index (χ1v) is 10.2. The molecule has 3 heterocycles. The lowest BCUT2D eigenvalue weighted by atomic mass is 10.1. The van der Waals surface area contributed by atoms with E-state index in [-0.39, 0.29) is 11.7 Å². The Bertz CT molecular complexity index is 1120. The molecule has 0 saturated heterocycles. The Morgan fingerprint density at radius 3 is 2.76 bits per heavy atom. The Labute approximate surface area is 174 Å². The molecule has 0 spiro atoms. The Balaban J connectivity index is 1.78. The number of aryl methyl sites for hydroxylation is 1. The average molecular weight is 407 g/mol. The summed E-state index contributed by atoms with van der Waals surface area (Å²) in [6, 6.07) is 9.91. The second kappa shape index (κ2) is 7.40. The second-order valence-electron chi connectivity index (χ2n) is 6.88. The highest BCUT2D eigenvalue weighted by molar-refractivity contribution is 8.17. The minimum Gasteiger partial charge on any atom is -0.492 e. The number of nitrogens with zero attached hydrogens (tertiary/aromatic N) is 3. The number of carbonyl (C=O) groups is 1. The van der Waals surface area contributed by atoms with Crippen molar-refractivity contribution in [2.45, 2.75) is 27.7 Å². The summed E-state index contributed by atoms with van der Waals surface area (Å²) in [5.74, 6) is 0.585. The Morgan fingerprint density at radius 1 is 1.24 bits per heavy atom. The van der Waals surface area contributed by atoms with Gasteiger partial charge in [0.15, 0.2) is 5.17 Å². The predicted octanol–water partition coefficient (Wildman–Crippen LogP) is 4.66. The molecule has 1 aromatic heterocycles. The number of amides is 1. The molecule has 0 saturated carbocycles. The lowest BCUT2D eigenvalue weighted by molar-refractivity contribution is -0.114. The Kier molecular flexibility index (Phi) is 4.92. The standard InChI is InChI=1S/C22H22N4O2S/c1-5-28-19-9-7-6-8-18(19)26-13(2)10-16(15(26)4)11-17-20(23)25-12-14(3)29-22(25)24-21(17)27/h6-12,23H,5H2,1-4H3/b17-11-,23-20?. The van der Waals surface area contributed by atoms with Gasteiger partial charge in [-0.1, -0.05) is 23.9 Å². The minimum atomic E-state index is -0.378. The summed E-state index contributed by atoms with van der Waals surface area (Å²) in [7, 11) is 0. The molecule has 0 atom stereocenters. The van der Waals surface area contributed by atoms with Gasteiger partial charge in [-0.3, -0.25) is 15.1 Å². The molecular weight excluding hydrogens is 384 g/mol. The van der Waals surface area contributed by atoms with Gasteiger partial charge >= 0.3 is 0 Å². The van der Waals surface area contributed by atoms with Crippen molar-refractivity contribution in [2.75, 3.05) is 6.61 Å². The fraction of sp³-hybridized carbons (Fsp3) is 0.227. The zero-order valence-corrected chi connectivity index (χ0v) is 17.6. The zero-order chi connectivity index (χ0) is 20.7. The van der Waals surface area contributed by atoms with Gasteiger partial charge in [0, 0.05) is 22.5 Å². The number of fused-ring (bicyclic) bond motifs is 1. The molecule has 29 heavy (non-hydrogen) atoms. The Hall–Kier alpha value is -3.06. The van der Waals surface area contributed by atoms with Gasteiger partial charge in [-0.2, -0.15) is 4.99 Å². The van der Waals surface area contributed by atoms with E-state index in [2.05, 4.69) is 9.56 Å². The molecule has 1 N–H and O–H groups in total. The van der Waals surface area contributed by atoms with Gasteiger partial charge in [0.2, 0.25) is 0 Å². The van der Waals surface area contributed by atoms with Crippen LogP contribution in [0.25, 0.3) is 11.8 Å². The van der Waals surface area contributed by atoms with Gasteiger partial charge in [0.1, 0.15) is 11.6 Å². The highest BCUT2D eigenvalue weighted by Gasteiger charge is 2.33. The number of ether oxygens (including phenoxy) is 1. The van der Waals surface area contributed by atoms with Crippen molar-refractivity contribution in [3.05, 3.63) is 64.0 Å². The average Bonchev–Trinajstić information content (AvgIpc) is 3.18. The van der Waals surface area contributed by atoms with Crippen LogP contribution in [0.1, 0.15) is 30.8 Å². The van der Waals surface area contributed by atoms with Gasteiger partial charge in [0.05, 0.1) is 17.9 Å². The van der Waals surface area contributed by atoms with Crippen LogP contribution in [0, 0.1) is 19.3 Å². The minimum absolute atomic E-state index is 0.156. The highest BCUT2D eigenvalue weighted by atomic mass is 32.2. The van der Waals surface area contributed by atoms with E-state index in [0.29, 0.717) is 17.3 Å². The van der Waals surface area contributed by atoms with E-state index in [1.54, 1.807) is 11.0 Å². The number of para-hydroxylation sites is 2. The quantitative estimate of drug-likeness (QED) is 0.750. The fourth-order valence-electron chi connectivity index (χ4n) is 3.58. The molecule has 0 unspecified atom stereocenters. The van der Waals surface area contributed by atoms with Crippen LogP contribution in [0.4, 0.5) is 0 Å². The summed E-state index contributed by atoms with van der Waals surface area (Å²) in [5, 5.41) is 9.05. The van der Waals surface area contributed by atoms with Crippen molar-refractivity contribution in [1.29, 1.82) is 5.41 Å². The molecule has 148 valence electrons. The molecule has 2 aromatic rings. The van der Waals surface area contributed by atoms with E-state index in [1.807, 2.05) is 64.2 Å². The maximum atomic E-state index is 12.6. The van der Waals surface area contributed by atoms with Crippen molar-refractivity contribution in [2.24, 2.45) is 4.99 Å². The Morgan fingerprint density at radius 2 is 2.00 bits per heavy atom. The third-order valence-corrected chi connectivity index (χ3v) is 5.77. The van der Waals surface area contributed by atoms with E-state index >= 15 is 0 Å². The molecular formula is C22H22N4O2S. The first-order valence-electron chi connectivity index (χ1n) is 9.41. The van der Waals surface area contributed by atoms with Crippen LogP contribution in [-0.2, 0) is 4.79 Å². The maximum Gasteiger partial charge on any atom is 0.283 e. The van der Waals surface area contributed by atoms with E-state index in [1.165, 1.54) is 11.8 Å². The van der Waals surface area contributed by atoms with Crippen molar-refractivity contribution < 1.29 is 9.53 Å². The monoisotopic (exact) mass is 406 g/mol. The van der Waals surface area contributed by atoms with Crippen LogP contribution in [0.15, 0.2) is 52.0 Å². The molecule has 0 bridgehead atoms. The first-order chi connectivity index (χ1) is 13.9. The number of benzene rings is 1. The summed E-state index contributed by atoms with van der Waals surface area (Å²) < 4.78 is 7.90. The largest absolute Gasteiger partial charge is 0.492 e. The van der Waals surface area contributed by atoms with Crippen LogP contribution >= 0.6 is 11.8 Å². The van der Waals surface area contributed by atoms with Crippen molar-refractivity contribution >= 4 is 34.7 Å². The number of aliphatic imine (C=N–C) groups is 1. The number of thioether (sulfide) groups is 1. The molecule has 1 amide bonds. The van der Waals surface area contributed by atoms with Crippen LogP contribution in [-0.4, -0.2) is 33.0 Å². The summed E-state index contributed by atoms with van der Waals surface area (Å²) in [5.41, 5.74) is 4.12. The fourth-order valence-corrected chi connectivity index (χ4v) is 4.40. The number of rotatable bonds is 4. The molecule has 0 radical (unpaired) electrons. The lowest BCUT2D eigenvalue weighted by Gasteiger charge is -2.22. The topological polar surface area (TPSA) is 70.7 Å². The molecule has 7 heteroatoms. The van der Waals surface area contributed by atoms with Crippen LogP contribution in [0.5, 0.6) is 5.75 Å². The number of hydrogen-bond acceptors (Lipinski definition) is 4. The maximum absolute atomic E-state index is 12.6. The van der Waals surface area contributed by atoms with Gasteiger partial charge < -0.3 is 9.30 Å². The van der Waals surface area contributed by atoms with E-state index in [4.69, 9.17) is 10.1 Å². The van der Waals surface area contributed by atoms with Gasteiger partial charge in [-0.25, -0.2) is 0 Å². The summed E-state index contributed by atoms with van der Waals surface area (Å²) in [6.45, 7) is 8.51. The van der Waals surface area contributed by atoms with Crippen molar-refractivity contribution in [1.82, 2.24) is 9.47 Å². The number of nitrogens with one attached hydrogen (secondary N) is 1. The molecule has 2 aliphatic heterocycles. The number of amidine groups is 2. The van der Waals surface area contributed by atoms with Crippen molar-refractivity contribution in [3.8, 4) is 11.4 Å². The number of allylic oxidation sites excluding steroid dienone is 1. The number of hydrogen-bond donors (Lipinski definition) is 1. The molecule has 4 rings (SSSR count). The van der Waals surface area contributed by atoms with E-state index in [9.17, 15) is 4.79 Å². The summed E-state index contributed by atoms with van der Waals surface area (Å²) in [4.78, 5) is 19.4. The lowest BCUT2D eigenvalue weighted by Crippen LogP contribution is -2.35. The SMILES string of the molecule is CCOc1ccccc1-n1c(C)cc(/C=C2/C(=N)N3C=C(C)SC3=NC2=O)c1C. The smallest absolute Gasteiger partial charge is 0.283 e. The van der Waals surface area contributed by atoms with Crippen LogP contribution in [0.2, 0.25) is 0 Å². The van der Waals surface area contributed by atoms with Crippen LogP contribution in [0.3, 0.4) is 0 Å². The zero-order valence-electron chi connectivity index (χ0n) is 16.8. The van der Waals surface area contributed by atoms with Gasteiger partial charge in [-0.05, 0) is 57.5 Å². The van der Waals surface area contributed by atoms with Crippen LogP contribution < -0.4 is 4.74 Å². The molecule has 6 nitrogen and oxygen atoms in total. The normalized spacial score (nSPS) is 17.5. The summed E-state index contributed by atoms with van der Waals surface area (Å²) >= 11 is 1.41. The highest BCUT2D eigenvalue weighted by Crippen LogP contribution is 2.34. The van der Waals surface area contributed by atoms with Crippen molar-refractivity contribution in [3.63, 3.8) is 0 Å². The molecule has 0 fully saturated rings. The molecule has 1 aromatic carbocycles. The predicted molar refractivity (Wildman–Crippen MR) is 118 cm³/mol. The van der Waals surface area contributed by atoms with E-state index < -0.39 is 0 Å². The number of aromatic nitrogens is 1. The third kappa shape index (κ3) is 3.31. The summed E-state index contributed by atoms with van der Waals surface area (Å²) in [6.07, 6.45) is 3.60. The van der Waals surface area contributed by atoms with Gasteiger partial charge in [0.25, 0.3) is 5.91 Å². The molecule has 0 aliphatic carbocycles. The first kappa shape index (κ1) is 19.3. The molecule has 2 aliphatic rings. The number of carbonyl (C=O) groups excluding carboxylic acids is 1. The third-order valence-electron chi connectivity index (χ3n) is 4.87.